The highest BCUT2D eigenvalue weighted by atomic mass is 16.5. The number of amides is 1. The number of carbonyl (C=O) groups is 1. The Morgan fingerprint density at radius 3 is 2.60 bits per heavy atom. The van der Waals surface area contributed by atoms with Gasteiger partial charge in [0.1, 0.15) is 0 Å². The van der Waals surface area contributed by atoms with Crippen molar-refractivity contribution in [3.05, 3.63) is 0 Å². The molecule has 0 spiro atoms. The fourth-order valence-electron chi connectivity index (χ4n) is 1.46. The Labute approximate surface area is 122 Å². The van der Waals surface area contributed by atoms with Crippen molar-refractivity contribution in [1.29, 1.82) is 0 Å². The fraction of sp³-hybridized carbons (Fsp3) is 0.929. The van der Waals surface area contributed by atoms with Crippen molar-refractivity contribution in [2.75, 3.05) is 39.5 Å². The molecule has 0 aromatic rings. The van der Waals surface area contributed by atoms with E-state index in [0.717, 1.165) is 6.42 Å². The Morgan fingerprint density at radius 2 is 1.95 bits per heavy atom. The first-order valence-corrected chi connectivity index (χ1v) is 7.43. The average Bonchev–Trinajstić information content (AvgIpc) is 2.43. The molecule has 0 aliphatic carbocycles. The zero-order valence-corrected chi connectivity index (χ0v) is 13.0. The summed E-state index contributed by atoms with van der Waals surface area (Å²) in [6, 6.07) is 0.215. The van der Waals surface area contributed by atoms with Gasteiger partial charge in [-0.3, -0.25) is 4.79 Å². The van der Waals surface area contributed by atoms with Crippen molar-refractivity contribution in [2.45, 2.75) is 45.8 Å². The van der Waals surface area contributed by atoms with Crippen LogP contribution in [0.15, 0.2) is 0 Å². The van der Waals surface area contributed by atoms with Gasteiger partial charge in [0, 0.05) is 32.2 Å². The molecule has 0 aliphatic rings. The van der Waals surface area contributed by atoms with Crippen LogP contribution >= 0.6 is 0 Å². The molecule has 6 heteroatoms. The van der Waals surface area contributed by atoms with Gasteiger partial charge in [0.25, 0.3) is 0 Å². The van der Waals surface area contributed by atoms with Crippen molar-refractivity contribution in [1.82, 2.24) is 10.6 Å². The fourth-order valence-corrected chi connectivity index (χ4v) is 1.46. The Balaban J connectivity index is 3.38. The van der Waals surface area contributed by atoms with Crippen LogP contribution < -0.4 is 10.6 Å². The third-order valence-corrected chi connectivity index (χ3v) is 2.81. The van der Waals surface area contributed by atoms with Crippen LogP contribution in [0.4, 0.5) is 0 Å². The first kappa shape index (κ1) is 19.3. The number of hydrogen-bond acceptors (Lipinski definition) is 5. The van der Waals surface area contributed by atoms with Crippen LogP contribution in [0.3, 0.4) is 0 Å². The SMILES string of the molecule is CCOCCOCC(O)CNCCC(=O)NC(C)CC. The van der Waals surface area contributed by atoms with Crippen molar-refractivity contribution in [2.24, 2.45) is 0 Å². The lowest BCUT2D eigenvalue weighted by atomic mass is 10.2. The number of aliphatic hydroxyl groups excluding tert-OH is 1. The molecule has 0 saturated heterocycles. The standard InChI is InChI=1S/C14H30N2O4/c1-4-12(3)16-14(18)6-7-15-10-13(17)11-20-9-8-19-5-2/h12-13,15,17H,4-11H2,1-3H3,(H,16,18). The molecule has 0 rings (SSSR count). The molecule has 20 heavy (non-hydrogen) atoms. The van der Waals surface area contributed by atoms with Crippen molar-refractivity contribution >= 4 is 5.91 Å². The van der Waals surface area contributed by atoms with E-state index in [2.05, 4.69) is 10.6 Å². The Bertz CT molecular complexity index is 239. The van der Waals surface area contributed by atoms with E-state index in [-0.39, 0.29) is 18.6 Å². The van der Waals surface area contributed by atoms with Crippen molar-refractivity contribution in [3.8, 4) is 0 Å². The van der Waals surface area contributed by atoms with Gasteiger partial charge in [0.05, 0.1) is 25.9 Å². The molecule has 0 radical (unpaired) electrons. The van der Waals surface area contributed by atoms with Crippen LogP contribution in [-0.2, 0) is 14.3 Å². The van der Waals surface area contributed by atoms with Crippen LogP contribution in [0, 0.1) is 0 Å². The third-order valence-electron chi connectivity index (χ3n) is 2.81. The van der Waals surface area contributed by atoms with Gasteiger partial charge < -0.3 is 25.2 Å². The largest absolute Gasteiger partial charge is 0.389 e. The number of aliphatic hydroxyl groups is 1. The third kappa shape index (κ3) is 12.3. The maximum Gasteiger partial charge on any atom is 0.221 e. The van der Waals surface area contributed by atoms with E-state index in [1.54, 1.807) is 0 Å². The summed E-state index contributed by atoms with van der Waals surface area (Å²) < 4.78 is 10.4. The van der Waals surface area contributed by atoms with Gasteiger partial charge in [-0.1, -0.05) is 6.92 Å². The van der Waals surface area contributed by atoms with E-state index >= 15 is 0 Å². The summed E-state index contributed by atoms with van der Waals surface area (Å²) >= 11 is 0. The summed E-state index contributed by atoms with van der Waals surface area (Å²) in [7, 11) is 0. The number of ether oxygens (including phenoxy) is 2. The minimum absolute atomic E-state index is 0.0364. The number of rotatable bonds is 13. The normalized spacial score (nSPS) is 14.0. The molecule has 3 N–H and O–H groups in total. The summed E-state index contributed by atoms with van der Waals surface area (Å²) in [6.07, 6.45) is 0.786. The molecule has 6 nitrogen and oxygen atoms in total. The highest BCUT2D eigenvalue weighted by molar-refractivity contribution is 5.76. The smallest absolute Gasteiger partial charge is 0.221 e. The predicted octanol–water partition coefficient (Wildman–Crippen LogP) is 0.295. The highest BCUT2D eigenvalue weighted by Crippen LogP contribution is 1.90. The number of carbonyl (C=O) groups excluding carboxylic acids is 1. The van der Waals surface area contributed by atoms with Crippen LogP contribution in [0.25, 0.3) is 0 Å². The van der Waals surface area contributed by atoms with E-state index in [9.17, 15) is 9.90 Å². The zero-order valence-electron chi connectivity index (χ0n) is 13.0. The lowest BCUT2D eigenvalue weighted by Gasteiger charge is -2.13. The summed E-state index contributed by atoms with van der Waals surface area (Å²) in [5, 5.41) is 15.6. The van der Waals surface area contributed by atoms with Crippen molar-refractivity contribution in [3.63, 3.8) is 0 Å². The second-order valence-electron chi connectivity index (χ2n) is 4.76. The summed E-state index contributed by atoms with van der Waals surface area (Å²) in [5.41, 5.74) is 0. The van der Waals surface area contributed by atoms with E-state index in [4.69, 9.17) is 9.47 Å². The first-order valence-electron chi connectivity index (χ1n) is 7.43. The molecular formula is C14H30N2O4. The topological polar surface area (TPSA) is 79.8 Å². The molecule has 0 aromatic heterocycles. The molecule has 2 atom stereocenters. The van der Waals surface area contributed by atoms with Crippen LogP contribution in [-0.4, -0.2) is 62.7 Å². The maximum absolute atomic E-state index is 11.5. The van der Waals surface area contributed by atoms with E-state index in [1.807, 2.05) is 20.8 Å². The monoisotopic (exact) mass is 290 g/mol. The van der Waals surface area contributed by atoms with Gasteiger partial charge in [-0.25, -0.2) is 0 Å². The van der Waals surface area contributed by atoms with Crippen molar-refractivity contribution < 1.29 is 19.4 Å². The summed E-state index contributed by atoms with van der Waals surface area (Å²) in [5.74, 6) is 0.0364. The quantitative estimate of drug-likeness (QED) is 0.425. The molecule has 1 amide bonds. The highest BCUT2D eigenvalue weighted by Gasteiger charge is 2.06. The van der Waals surface area contributed by atoms with Crippen LogP contribution in [0.1, 0.15) is 33.6 Å². The molecule has 0 fully saturated rings. The number of hydrogen-bond donors (Lipinski definition) is 3. The molecule has 0 aromatic carbocycles. The zero-order chi connectivity index (χ0) is 15.2. The molecule has 0 bridgehead atoms. The lowest BCUT2D eigenvalue weighted by molar-refractivity contribution is -0.121. The Hall–Kier alpha value is -0.690. The van der Waals surface area contributed by atoms with Gasteiger partial charge in [-0.15, -0.1) is 0 Å². The summed E-state index contributed by atoms with van der Waals surface area (Å²) in [4.78, 5) is 11.5. The summed E-state index contributed by atoms with van der Waals surface area (Å²) in [6.45, 7) is 8.90. The Kier molecular flexibility index (Phi) is 12.8. The van der Waals surface area contributed by atoms with E-state index < -0.39 is 6.10 Å². The molecule has 120 valence electrons. The van der Waals surface area contributed by atoms with Gasteiger partial charge in [-0.2, -0.15) is 0 Å². The second kappa shape index (κ2) is 13.3. The van der Waals surface area contributed by atoms with Gasteiger partial charge in [0.2, 0.25) is 5.91 Å². The van der Waals surface area contributed by atoms with Gasteiger partial charge in [-0.05, 0) is 20.3 Å². The van der Waals surface area contributed by atoms with Gasteiger partial charge >= 0.3 is 0 Å². The number of nitrogens with one attached hydrogen (secondary N) is 2. The molecular weight excluding hydrogens is 260 g/mol. The lowest BCUT2D eigenvalue weighted by Crippen LogP contribution is -2.36. The van der Waals surface area contributed by atoms with Crippen LogP contribution in [0.5, 0.6) is 0 Å². The van der Waals surface area contributed by atoms with Crippen LogP contribution in [0.2, 0.25) is 0 Å². The maximum atomic E-state index is 11.5. The average molecular weight is 290 g/mol. The first-order chi connectivity index (χ1) is 9.60. The molecule has 0 heterocycles. The predicted molar refractivity (Wildman–Crippen MR) is 78.7 cm³/mol. The second-order valence-corrected chi connectivity index (χ2v) is 4.76. The minimum Gasteiger partial charge on any atom is -0.389 e. The van der Waals surface area contributed by atoms with E-state index in [0.29, 0.717) is 39.3 Å². The molecule has 0 aliphatic heterocycles. The molecule has 0 saturated carbocycles. The van der Waals surface area contributed by atoms with E-state index in [1.165, 1.54) is 0 Å². The Morgan fingerprint density at radius 1 is 1.25 bits per heavy atom. The van der Waals surface area contributed by atoms with Gasteiger partial charge in [0.15, 0.2) is 0 Å². The minimum atomic E-state index is -0.561. The molecule has 2 unspecified atom stereocenters.